The van der Waals surface area contributed by atoms with E-state index in [2.05, 4.69) is 55.4 Å². The molecule has 96 valence electrons. The fourth-order valence-corrected chi connectivity index (χ4v) is 2.83. The van der Waals surface area contributed by atoms with Crippen molar-refractivity contribution in [3.63, 3.8) is 0 Å². The molecule has 0 aliphatic rings. The first-order valence-corrected chi connectivity index (χ1v) is 6.53. The lowest BCUT2D eigenvalue weighted by atomic mass is 9.35. The highest BCUT2D eigenvalue weighted by Crippen LogP contribution is 2.49. The average molecular weight is 226 g/mol. The van der Waals surface area contributed by atoms with Crippen molar-refractivity contribution < 1.29 is 5.11 Å². The van der Waals surface area contributed by atoms with Crippen LogP contribution in [0, 0.1) is 11.3 Å². The van der Waals surface area contributed by atoms with E-state index in [1.807, 2.05) is 0 Å². The summed E-state index contributed by atoms with van der Waals surface area (Å²) in [7, 11) is 1.09. The molecule has 0 aromatic rings. The van der Waals surface area contributed by atoms with E-state index in [-0.39, 0.29) is 11.9 Å². The van der Waals surface area contributed by atoms with E-state index in [1.54, 1.807) is 0 Å². The Labute approximate surface area is 103 Å². The molecule has 0 saturated carbocycles. The second-order valence-corrected chi connectivity index (χ2v) is 8.05. The highest BCUT2D eigenvalue weighted by Gasteiger charge is 2.38. The maximum Gasteiger partial charge on any atom is 0.137 e. The Kier molecular flexibility index (Phi) is 5.13. The second kappa shape index (κ2) is 5.12. The molecule has 0 rings (SSSR count). The minimum absolute atomic E-state index is 0.0320. The van der Waals surface area contributed by atoms with E-state index in [1.165, 1.54) is 6.42 Å². The molecule has 1 nitrogen and oxygen atoms in total. The Hall–Kier alpha value is 0.0249. The first kappa shape index (κ1) is 16.0. The molecule has 0 aromatic heterocycles. The van der Waals surface area contributed by atoms with Gasteiger partial charge in [-0.15, -0.1) is 0 Å². The van der Waals surface area contributed by atoms with Crippen LogP contribution in [0.4, 0.5) is 0 Å². The lowest BCUT2D eigenvalue weighted by molar-refractivity contribution is 0.236. The predicted molar refractivity (Wildman–Crippen MR) is 75.6 cm³/mol. The van der Waals surface area contributed by atoms with E-state index >= 15 is 0 Å². The zero-order valence-electron chi connectivity index (χ0n) is 12.6. The van der Waals surface area contributed by atoms with Gasteiger partial charge in [-0.2, -0.15) is 0 Å². The molecule has 0 heterocycles. The summed E-state index contributed by atoms with van der Waals surface area (Å²) in [5.74, 6) is 0.651. The van der Waals surface area contributed by atoms with Crippen molar-refractivity contribution in [2.45, 2.75) is 72.4 Å². The van der Waals surface area contributed by atoms with Gasteiger partial charge in [-0.1, -0.05) is 60.7 Å². The van der Waals surface area contributed by atoms with Crippen LogP contribution < -0.4 is 0 Å². The Morgan fingerprint density at radius 1 is 1.00 bits per heavy atom. The first-order valence-electron chi connectivity index (χ1n) is 6.53. The number of hydrogen-bond acceptors (Lipinski definition) is 1. The molecular weight excluding hydrogens is 195 g/mol. The third kappa shape index (κ3) is 5.38. The summed E-state index contributed by atoms with van der Waals surface area (Å²) in [4.78, 5) is 0. The average Bonchev–Trinajstić information content (AvgIpc) is 1.99. The van der Waals surface area contributed by atoms with Gasteiger partial charge in [0.05, 0.1) is 0 Å². The van der Waals surface area contributed by atoms with Crippen molar-refractivity contribution >= 4 is 7.28 Å². The van der Waals surface area contributed by atoms with Crippen LogP contribution in [-0.4, -0.2) is 19.0 Å². The Balaban J connectivity index is 4.85. The molecule has 0 radical (unpaired) electrons. The van der Waals surface area contributed by atoms with Gasteiger partial charge in [-0.05, 0) is 23.1 Å². The molecule has 2 heteroatoms. The van der Waals surface area contributed by atoms with Crippen molar-refractivity contribution in [3.05, 3.63) is 0 Å². The molecule has 0 aliphatic carbocycles. The molecule has 0 aromatic carbocycles. The van der Waals surface area contributed by atoms with E-state index in [0.717, 1.165) is 7.28 Å². The molecule has 0 bridgehead atoms. The lowest BCUT2D eigenvalue weighted by Crippen LogP contribution is -2.35. The summed E-state index contributed by atoms with van der Waals surface area (Å²) in [6, 6.07) is 0. The minimum atomic E-state index is 0.0320. The highest BCUT2D eigenvalue weighted by atomic mass is 16.3. The van der Waals surface area contributed by atoms with Crippen molar-refractivity contribution in [3.8, 4) is 0 Å². The van der Waals surface area contributed by atoms with Gasteiger partial charge in [-0.25, -0.2) is 0 Å². The summed E-state index contributed by atoms with van der Waals surface area (Å²) < 4.78 is 0. The molecule has 0 fully saturated rings. The van der Waals surface area contributed by atoms with Gasteiger partial charge in [0.2, 0.25) is 0 Å². The Bertz CT molecular complexity index is 215. The van der Waals surface area contributed by atoms with E-state index in [0.29, 0.717) is 16.6 Å². The SMILES string of the molecule is CC(C)C(C)(BC(C)(C)CO)CC(C)(C)C. The zero-order valence-corrected chi connectivity index (χ0v) is 12.6. The summed E-state index contributed by atoms with van der Waals surface area (Å²) in [5, 5.41) is 9.78. The van der Waals surface area contributed by atoms with Crippen LogP contribution in [0.25, 0.3) is 0 Å². The maximum atomic E-state index is 9.44. The fraction of sp³-hybridized carbons (Fsp3) is 1.00. The van der Waals surface area contributed by atoms with Crippen LogP contribution in [0.2, 0.25) is 10.6 Å². The summed E-state index contributed by atoms with van der Waals surface area (Å²) >= 11 is 0. The summed E-state index contributed by atoms with van der Waals surface area (Å²) in [6.07, 6.45) is 1.21. The quantitative estimate of drug-likeness (QED) is 0.705. The molecule has 0 amide bonds. The Morgan fingerprint density at radius 2 is 1.44 bits per heavy atom. The van der Waals surface area contributed by atoms with Crippen LogP contribution in [0.3, 0.4) is 0 Å². The van der Waals surface area contributed by atoms with E-state index < -0.39 is 0 Å². The molecule has 0 spiro atoms. The minimum Gasteiger partial charge on any atom is -0.397 e. The van der Waals surface area contributed by atoms with Crippen LogP contribution in [0.1, 0.15) is 61.8 Å². The smallest absolute Gasteiger partial charge is 0.137 e. The van der Waals surface area contributed by atoms with Crippen molar-refractivity contribution in [2.24, 2.45) is 11.3 Å². The molecule has 1 unspecified atom stereocenters. The summed E-state index contributed by atoms with van der Waals surface area (Å²) in [6.45, 7) is 18.5. The Morgan fingerprint density at radius 3 is 1.69 bits per heavy atom. The normalized spacial score (nSPS) is 17.4. The summed E-state index contributed by atoms with van der Waals surface area (Å²) in [5.41, 5.74) is 0.352. The van der Waals surface area contributed by atoms with Gasteiger partial charge in [0.15, 0.2) is 0 Å². The zero-order chi connectivity index (χ0) is 13.2. The second-order valence-electron chi connectivity index (χ2n) is 8.05. The molecular formula is C14H31BO. The first-order chi connectivity index (χ1) is 6.92. The maximum absolute atomic E-state index is 9.44. The van der Waals surface area contributed by atoms with Crippen molar-refractivity contribution in [1.82, 2.24) is 0 Å². The van der Waals surface area contributed by atoms with Gasteiger partial charge in [0.25, 0.3) is 0 Å². The number of aliphatic hydroxyl groups is 1. The number of hydrogen-bond donors (Lipinski definition) is 1. The van der Waals surface area contributed by atoms with Crippen molar-refractivity contribution in [2.75, 3.05) is 6.61 Å². The molecule has 1 atom stereocenters. The van der Waals surface area contributed by atoms with Crippen LogP contribution in [0.15, 0.2) is 0 Å². The van der Waals surface area contributed by atoms with Crippen LogP contribution in [-0.2, 0) is 0 Å². The lowest BCUT2D eigenvalue weighted by Gasteiger charge is -2.43. The third-order valence-electron chi connectivity index (χ3n) is 3.64. The molecule has 0 aliphatic heterocycles. The fourth-order valence-electron chi connectivity index (χ4n) is 2.83. The third-order valence-corrected chi connectivity index (χ3v) is 3.64. The van der Waals surface area contributed by atoms with Gasteiger partial charge in [0, 0.05) is 6.61 Å². The number of aliphatic hydroxyl groups excluding tert-OH is 1. The monoisotopic (exact) mass is 226 g/mol. The van der Waals surface area contributed by atoms with Gasteiger partial charge in [0.1, 0.15) is 7.28 Å². The van der Waals surface area contributed by atoms with Gasteiger partial charge >= 0.3 is 0 Å². The van der Waals surface area contributed by atoms with E-state index in [4.69, 9.17) is 0 Å². The number of rotatable bonds is 5. The standard InChI is InChI=1S/C14H31BO/c1-11(2)14(8,9-12(3,4)5)15-13(6,7)10-16/h11,15-16H,9-10H2,1-8H3. The topological polar surface area (TPSA) is 20.2 Å². The molecule has 1 N–H and O–H groups in total. The largest absolute Gasteiger partial charge is 0.397 e. The van der Waals surface area contributed by atoms with Crippen LogP contribution >= 0.6 is 0 Å². The molecule has 0 saturated heterocycles. The highest BCUT2D eigenvalue weighted by molar-refractivity contribution is 6.44. The predicted octanol–water partition coefficient (Wildman–Crippen LogP) is 3.88. The van der Waals surface area contributed by atoms with Crippen molar-refractivity contribution in [1.29, 1.82) is 0 Å². The van der Waals surface area contributed by atoms with Crippen LogP contribution in [0.5, 0.6) is 0 Å². The van der Waals surface area contributed by atoms with Gasteiger partial charge < -0.3 is 5.11 Å². The van der Waals surface area contributed by atoms with E-state index in [9.17, 15) is 5.11 Å². The molecule has 16 heavy (non-hydrogen) atoms. The van der Waals surface area contributed by atoms with Gasteiger partial charge in [-0.3, -0.25) is 0 Å².